The molecule has 0 aliphatic heterocycles. The highest BCUT2D eigenvalue weighted by Gasteiger charge is 2.38. The van der Waals surface area contributed by atoms with Crippen LogP contribution in [0.15, 0.2) is 0 Å². The summed E-state index contributed by atoms with van der Waals surface area (Å²) in [4.78, 5) is 13.7. The third-order valence-corrected chi connectivity index (χ3v) is 9.44. The van der Waals surface area contributed by atoms with Gasteiger partial charge in [0.1, 0.15) is 5.60 Å². The van der Waals surface area contributed by atoms with Crippen LogP contribution in [0.2, 0.25) is 18.1 Å². The molecule has 0 aromatic carbocycles. The highest BCUT2D eigenvalue weighted by atomic mass is 28.4. The molecular formula is C18H39NO4Si. The van der Waals surface area contributed by atoms with Crippen LogP contribution in [0.25, 0.3) is 0 Å². The number of carbonyl (C=O) groups is 1. The van der Waals surface area contributed by atoms with Crippen LogP contribution in [-0.4, -0.2) is 55.3 Å². The first-order chi connectivity index (χ1) is 10.8. The Bertz CT molecular complexity index is 381. The molecule has 0 rings (SSSR count). The Morgan fingerprint density at radius 1 is 1.08 bits per heavy atom. The van der Waals surface area contributed by atoms with Gasteiger partial charge < -0.3 is 19.2 Å². The van der Waals surface area contributed by atoms with E-state index in [1.807, 2.05) is 20.8 Å². The molecule has 0 heterocycles. The minimum atomic E-state index is -1.75. The standard InChI is InChI=1S/C18H39NO4Si/c1-10-24(11-2,12-3)23-18(7,8)13-15(14-20)19(9)16(21)22-17(4,5)6/h15,20H,10-14H2,1-9H3/t15-/m0/s1. The number of likely N-dealkylation sites (N-methyl/N-ethyl adjacent to an activating group) is 1. The van der Waals surface area contributed by atoms with Gasteiger partial charge in [-0.1, -0.05) is 20.8 Å². The van der Waals surface area contributed by atoms with Crippen LogP contribution in [0, 0.1) is 0 Å². The summed E-state index contributed by atoms with van der Waals surface area (Å²) < 4.78 is 12.0. The molecule has 5 nitrogen and oxygen atoms in total. The molecule has 1 amide bonds. The average molecular weight is 362 g/mol. The Labute approximate surface area is 149 Å². The lowest BCUT2D eigenvalue weighted by Gasteiger charge is -2.41. The van der Waals surface area contributed by atoms with E-state index < -0.39 is 25.6 Å². The van der Waals surface area contributed by atoms with Gasteiger partial charge in [0.25, 0.3) is 0 Å². The maximum Gasteiger partial charge on any atom is 0.410 e. The summed E-state index contributed by atoms with van der Waals surface area (Å²) in [6, 6.07) is 2.91. The first-order valence-electron chi connectivity index (χ1n) is 9.12. The summed E-state index contributed by atoms with van der Waals surface area (Å²) in [6.07, 6.45) is 0.163. The molecule has 0 radical (unpaired) electrons. The van der Waals surface area contributed by atoms with E-state index in [0.29, 0.717) is 6.42 Å². The third-order valence-electron chi connectivity index (χ3n) is 4.59. The number of hydrogen-bond donors (Lipinski definition) is 1. The minimum Gasteiger partial charge on any atom is -0.444 e. The van der Waals surface area contributed by atoms with Crippen molar-refractivity contribution in [3.8, 4) is 0 Å². The fourth-order valence-electron chi connectivity index (χ4n) is 2.97. The predicted octanol–water partition coefficient (Wildman–Crippen LogP) is 4.40. The Balaban J connectivity index is 5.05. The molecule has 0 aromatic heterocycles. The van der Waals surface area contributed by atoms with E-state index in [9.17, 15) is 9.90 Å². The Kier molecular flexibility index (Phi) is 8.97. The van der Waals surface area contributed by atoms with E-state index in [1.165, 1.54) is 4.90 Å². The second kappa shape index (κ2) is 9.20. The number of aliphatic hydroxyl groups excluding tert-OH is 1. The summed E-state index contributed by atoms with van der Waals surface area (Å²) in [5, 5.41) is 9.78. The van der Waals surface area contributed by atoms with E-state index in [4.69, 9.17) is 9.16 Å². The van der Waals surface area contributed by atoms with Crippen LogP contribution in [0.3, 0.4) is 0 Å². The van der Waals surface area contributed by atoms with Crippen molar-refractivity contribution in [2.24, 2.45) is 0 Å². The fourth-order valence-corrected chi connectivity index (χ4v) is 6.16. The number of nitrogens with zero attached hydrogens (tertiary/aromatic N) is 1. The van der Waals surface area contributed by atoms with E-state index in [2.05, 4.69) is 34.6 Å². The summed E-state index contributed by atoms with van der Waals surface area (Å²) in [5.74, 6) is 0. The van der Waals surface area contributed by atoms with Crippen molar-refractivity contribution in [3.05, 3.63) is 0 Å². The van der Waals surface area contributed by atoms with E-state index in [1.54, 1.807) is 7.05 Å². The molecule has 0 unspecified atom stereocenters. The van der Waals surface area contributed by atoms with Gasteiger partial charge in [0, 0.05) is 7.05 Å². The van der Waals surface area contributed by atoms with Crippen molar-refractivity contribution < 1.29 is 19.1 Å². The first-order valence-corrected chi connectivity index (χ1v) is 11.6. The summed E-state index contributed by atoms with van der Waals surface area (Å²) >= 11 is 0. The van der Waals surface area contributed by atoms with Gasteiger partial charge in [-0.05, 0) is 59.2 Å². The molecule has 1 N–H and O–H groups in total. The predicted molar refractivity (Wildman–Crippen MR) is 102 cm³/mol. The normalized spacial score (nSPS) is 14.4. The second-order valence-electron chi connectivity index (χ2n) is 8.24. The summed E-state index contributed by atoms with van der Waals surface area (Å²) in [5.41, 5.74) is -0.940. The lowest BCUT2D eigenvalue weighted by atomic mass is 9.99. The van der Waals surface area contributed by atoms with Crippen molar-refractivity contribution in [3.63, 3.8) is 0 Å². The summed E-state index contributed by atoms with van der Waals surface area (Å²) in [6.45, 7) is 16.1. The minimum absolute atomic E-state index is 0.110. The van der Waals surface area contributed by atoms with Gasteiger partial charge >= 0.3 is 6.09 Å². The van der Waals surface area contributed by atoms with Gasteiger partial charge in [-0.2, -0.15) is 0 Å². The largest absolute Gasteiger partial charge is 0.444 e. The highest BCUT2D eigenvalue weighted by molar-refractivity contribution is 6.73. The van der Waals surface area contributed by atoms with Gasteiger partial charge in [-0.25, -0.2) is 4.79 Å². The second-order valence-corrected chi connectivity index (χ2v) is 12.9. The zero-order chi connectivity index (χ0) is 19.2. The molecule has 24 heavy (non-hydrogen) atoms. The van der Waals surface area contributed by atoms with Crippen molar-refractivity contribution in [2.75, 3.05) is 13.7 Å². The van der Waals surface area contributed by atoms with Crippen molar-refractivity contribution in [1.82, 2.24) is 4.90 Å². The smallest absolute Gasteiger partial charge is 0.410 e. The zero-order valence-electron chi connectivity index (χ0n) is 17.2. The number of hydrogen-bond acceptors (Lipinski definition) is 4. The zero-order valence-corrected chi connectivity index (χ0v) is 18.2. The molecule has 0 aliphatic carbocycles. The van der Waals surface area contributed by atoms with Gasteiger partial charge in [0.15, 0.2) is 8.32 Å². The maximum absolute atomic E-state index is 12.3. The van der Waals surface area contributed by atoms with Crippen LogP contribution < -0.4 is 0 Å². The number of aliphatic hydroxyl groups is 1. The molecule has 1 atom stereocenters. The van der Waals surface area contributed by atoms with Crippen LogP contribution in [0.5, 0.6) is 0 Å². The van der Waals surface area contributed by atoms with Gasteiger partial charge in [-0.15, -0.1) is 0 Å². The number of ether oxygens (including phenoxy) is 1. The maximum atomic E-state index is 12.3. The van der Waals surface area contributed by atoms with E-state index in [0.717, 1.165) is 18.1 Å². The molecule has 0 saturated carbocycles. The fraction of sp³-hybridized carbons (Fsp3) is 0.944. The molecule has 0 spiro atoms. The molecule has 144 valence electrons. The third kappa shape index (κ3) is 7.53. The molecule has 0 aromatic rings. The number of carbonyl (C=O) groups excluding carboxylic acids is 1. The van der Waals surface area contributed by atoms with Gasteiger partial charge in [-0.3, -0.25) is 0 Å². The molecule has 0 bridgehead atoms. The molecular weight excluding hydrogens is 322 g/mol. The highest BCUT2D eigenvalue weighted by Crippen LogP contribution is 2.31. The topological polar surface area (TPSA) is 59.0 Å². The van der Waals surface area contributed by atoms with Crippen LogP contribution >= 0.6 is 0 Å². The van der Waals surface area contributed by atoms with Gasteiger partial charge in [0.2, 0.25) is 0 Å². The van der Waals surface area contributed by atoms with Crippen molar-refractivity contribution in [2.45, 2.75) is 97.2 Å². The monoisotopic (exact) mass is 361 g/mol. The lowest BCUT2D eigenvalue weighted by molar-refractivity contribution is -0.00106. The Hall–Kier alpha value is -0.593. The first kappa shape index (κ1) is 23.4. The van der Waals surface area contributed by atoms with E-state index >= 15 is 0 Å². The Morgan fingerprint density at radius 2 is 1.54 bits per heavy atom. The lowest BCUT2D eigenvalue weighted by Crippen LogP contribution is -2.50. The molecule has 6 heteroatoms. The SMILES string of the molecule is CC[Si](CC)(CC)OC(C)(C)C[C@@H](CO)N(C)C(=O)OC(C)(C)C. The van der Waals surface area contributed by atoms with Crippen LogP contribution in [-0.2, 0) is 9.16 Å². The van der Waals surface area contributed by atoms with Crippen molar-refractivity contribution >= 4 is 14.4 Å². The molecule has 0 saturated heterocycles. The number of amides is 1. The number of rotatable bonds is 9. The summed E-state index contributed by atoms with van der Waals surface area (Å²) in [7, 11) is -0.0731. The van der Waals surface area contributed by atoms with E-state index in [-0.39, 0.29) is 12.6 Å². The van der Waals surface area contributed by atoms with Gasteiger partial charge in [0.05, 0.1) is 18.2 Å². The van der Waals surface area contributed by atoms with Crippen LogP contribution in [0.1, 0.15) is 61.8 Å². The Morgan fingerprint density at radius 3 is 1.88 bits per heavy atom. The molecule has 0 fully saturated rings. The molecule has 0 aliphatic rings. The quantitative estimate of drug-likeness (QED) is 0.618. The average Bonchev–Trinajstić information content (AvgIpc) is 2.48. The van der Waals surface area contributed by atoms with Crippen molar-refractivity contribution in [1.29, 1.82) is 0 Å². The van der Waals surface area contributed by atoms with Crippen LogP contribution in [0.4, 0.5) is 4.79 Å².